The lowest BCUT2D eigenvalue weighted by Gasteiger charge is -2.06. The van der Waals surface area contributed by atoms with Crippen LogP contribution >= 0.6 is 43.2 Å². The van der Waals surface area contributed by atoms with E-state index in [9.17, 15) is 8.42 Å². The molecule has 2 rings (SSSR count). The van der Waals surface area contributed by atoms with Gasteiger partial charge in [0.05, 0.1) is 14.2 Å². The largest absolute Gasteiger partial charge is 0.282 e. The first-order valence-electron chi connectivity index (χ1n) is 5.11. The van der Waals surface area contributed by atoms with E-state index >= 15 is 0 Å². The van der Waals surface area contributed by atoms with Crippen molar-refractivity contribution in [2.75, 3.05) is 0 Å². The highest BCUT2D eigenvalue weighted by molar-refractivity contribution is 9.12. The van der Waals surface area contributed by atoms with Gasteiger partial charge in [-0.2, -0.15) is 0 Å². The second-order valence-corrected chi connectivity index (χ2v) is 8.91. The Morgan fingerprint density at radius 1 is 1.21 bits per heavy atom. The summed E-state index contributed by atoms with van der Waals surface area (Å²) in [5, 5.41) is 0. The Morgan fingerprint density at radius 2 is 1.89 bits per heavy atom. The zero-order chi connectivity index (χ0) is 13.9. The Bertz CT molecular complexity index is 656. The molecule has 102 valence electrons. The molecule has 0 unspecified atom stereocenters. The predicted molar refractivity (Wildman–Crippen MR) is 81.3 cm³/mol. The Kier molecular flexibility index (Phi) is 5.15. The highest BCUT2D eigenvalue weighted by Crippen LogP contribution is 2.34. The molecule has 0 bridgehead atoms. The molecule has 1 aromatic carbocycles. The number of nitrogens with one attached hydrogen (secondary N) is 1. The number of rotatable bonds is 5. The lowest BCUT2D eigenvalue weighted by molar-refractivity contribution is 0.0795. The van der Waals surface area contributed by atoms with Crippen molar-refractivity contribution in [1.29, 1.82) is 0 Å². The monoisotopic (exact) mass is 425 g/mol. The van der Waals surface area contributed by atoms with E-state index in [1.165, 1.54) is 17.4 Å². The minimum atomic E-state index is -3.68. The van der Waals surface area contributed by atoms with Crippen molar-refractivity contribution in [1.82, 2.24) is 4.89 Å². The molecule has 0 radical (unpaired) electrons. The van der Waals surface area contributed by atoms with Crippen LogP contribution in [0.2, 0.25) is 0 Å². The molecule has 0 saturated carbocycles. The van der Waals surface area contributed by atoms with Crippen molar-refractivity contribution in [3.05, 3.63) is 49.5 Å². The predicted octanol–water partition coefficient (Wildman–Crippen LogP) is 3.68. The maximum Gasteiger partial charge on any atom is 0.264 e. The lowest BCUT2D eigenvalue weighted by atomic mass is 10.2. The maximum absolute atomic E-state index is 12.0. The van der Waals surface area contributed by atoms with Crippen LogP contribution in [0.25, 0.3) is 0 Å². The van der Waals surface area contributed by atoms with Crippen molar-refractivity contribution in [3.8, 4) is 0 Å². The molecule has 0 aliphatic rings. The van der Waals surface area contributed by atoms with Crippen LogP contribution in [0.1, 0.15) is 5.56 Å². The van der Waals surface area contributed by atoms with Gasteiger partial charge >= 0.3 is 0 Å². The zero-order valence-electron chi connectivity index (χ0n) is 9.47. The Labute approximate surface area is 132 Å². The van der Waals surface area contributed by atoms with Gasteiger partial charge in [-0.3, -0.25) is 4.84 Å². The SMILES string of the molecule is O=S(=O)(NOCc1ccccc1)c1cc(Br)sc1Br. The van der Waals surface area contributed by atoms with Gasteiger partial charge in [0.1, 0.15) is 4.90 Å². The molecular formula is C11H9Br2NO3S2. The summed E-state index contributed by atoms with van der Waals surface area (Å²) in [4.78, 5) is 7.29. The summed E-state index contributed by atoms with van der Waals surface area (Å²) in [6.45, 7) is 0.170. The molecule has 19 heavy (non-hydrogen) atoms. The fraction of sp³-hybridized carbons (Fsp3) is 0.0909. The topological polar surface area (TPSA) is 55.4 Å². The van der Waals surface area contributed by atoms with Crippen LogP contribution in [-0.2, 0) is 21.5 Å². The molecule has 4 nitrogen and oxygen atoms in total. The molecule has 0 aliphatic heterocycles. The molecule has 0 saturated heterocycles. The molecule has 1 N–H and O–H groups in total. The number of thiophene rings is 1. The van der Waals surface area contributed by atoms with E-state index in [4.69, 9.17) is 4.84 Å². The molecular weight excluding hydrogens is 418 g/mol. The van der Waals surface area contributed by atoms with E-state index in [2.05, 4.69) is 36.7 Å². The van der Waals surface area contributed by atoms with Gasteiger partial charge in [-0.25, -0.2) is 8.42 Å². The van der Waals surface area contributed by atoms with Crippen LogP contribution in [0, 0.1) is 0 Å². The van der Waals surface area contributed by atoms with E-state index < -0.39 is 10.0 Å². The standard InChI is InChI=1S/C11H9Br2NO3S2/c12-10-6-9(11(13)18-10)19(15,16)14-17-7-8-4-2-1-3-5-8/h1-6,14H,7H2. The lowest BCUT2D eigenvalue weighted by Crippen LogP contribution is -2.23. The highest BCUT2D eigenvalue weighted by Gasteiger charge is 2.20. The molecule has 0 spiro atoms. The average molecular weight is 427 g/mol. The fourth-order valence-electron chi connectivity index (χ4n) is 1.32. The van der Waals surface area contributed by atoms with Gasteiger partial charge in [-0.05, 0) is 43.5 Å². The van der Waals surface area contributed by atoms with Crippen molar-refractivity contribution in [3.63, 3.8) is 0 Å². The summed E-state index contributed by atoms with van der Waals surface area (Å²) >= 11 is 7.72. The minimum absolute atomic E-state index is 0.150. The highest BCUT2D eigenvalue weighted by atomic mass is 79.9. The van der Waals surface area contributed by atoms with Crippen LogP contribution in [0.5, 0.6) is 0 Å². The first-order chi connectivity index (χ1) is 8.99. The summed E-state index contributed by atoms with van der Waals surface area (Å²) in [5.41, 5.74) is 0.885. The molecule has 1 aromatic heterocycles. The zero-order valence-corrected chi connectivity index (χ0v) is 14.3. The molecule has 2 aromatic rings. The van der Waals surface area contributed by atoms with Crippen molar-refractivity contribution >= 4 is 53.2 Å². The van der Waals surface area contributed by atoms with Gasteiger partial charge in [-0.15, -0.1) is 11.3 Å². The summed E-state index contributed by atoms with van der Waals surface area (Å²) < 4.78 is 25.2. The molecule has 0 aliphatic carbocycles. The quantitative estimate of drug-likeness (QED) is 0.741. The van der Waals surface area contributed by atoms with Crippen LogP contribution < -0.4 is 4.89 Å². The summed E-state index contributed by atoms with van der Waals surface area (Å²) in [6.07, 6.45) is 0. The van der Waals surface area contributed by atoms with Crippen LogP contribution in [0.3, 0.4) is 0 Å². The first-order valence-corrected chi connectivity index (χ1v) is 9.00. The number of hydrogen-bond acceptors (Lipinski definition) is 4. The summed E-state index contributed by atoms with van der Waals surface area (Å²) in [6, 6.07) is 10.8. The first kappa shape index (κ1) is 15.1. The van der Waals surface area contributed by atoms with E-state index in [-0.39, 0.29) is 11.5 Å². The van der Waals surface area contributed by atoms with Crippen LogP contribution in [-0.4, -0.2) is 8.42 Å². The van der Waals surface area contributed by atoms with Crippen molar-refractivity contribution < 1.29 is 13.3 Å². The van der Waals surface area contributed by atoms with Crippen molar-refractivity contribution in [2.24, 2.45) is 0 Å². The Hall–Kier alpha value is -0.250. The summed E-state index contributed by atoms with van der Waals surface area (Å²) in [5.74, 6) is 0. The van der Waals surface area contributed by atoms with E-state index in [0.29, 0.717) is 3.79 Å². The summed E-state index contributed by atoms with van der Waals surface area (Å²) in [7, 11) is -3.68. The second kappa shape index (κ2) is 6.47. The van der Waals surface area contributed by atoms with Gasteiger partial charge in [0.2, 0.25) is 0 Å². The maximum atomic E-state index is 12.0. The average Bonchev–Trinajstić information content (AvgIpc) is 2.70. The molecule has 1 heterocycles. The smallest absolute Gasteiger partial charge is 0.264 e. The number of hydrogen-bond donors (Lipinski definition) is 1. The fourth-order valence-corrected chi connectivity index (χ4v) is 5.94. The minimum Gasteiger partial charge on any atom is -0.282 e. The van der Waals surface area contributed by atoms with Gasteiger partial charge < -0.3 is 0 Å². The van der Waals surface area contributed by atoms with Crippen molar-refractivity contribution in [2.45, 2.75) is 11.5 Å². The molecule has 8 heteroatoms. The number of halogens is 2. The molecule has 0 amide bonds. The third kappa shape index (κ3) is 4.11. The van der Waals surface area contributed by atoms with E-state index in [1.54, 1.807) is 0 Å². The normalized spacial score (nSPS) is 11.7. The van der Waals surface area contributed by atoms with Crippen LogP contribution in [0.15, 0.2) is 48.9 Å². The second-order valence-electron chi connectivity index (χ2n) is 3.55. The van der Waals surface area contributed by atoms with Gasteiger partial charge in [0.15, 0.2) is 0 Å². The van der Waals surface area contributed by atoms with Crippen LogP contribution in [0.4, 0.5) is 0 Å². The van der Waals surface area contributed by atoms with Gasteiger partial charge in [0, 0.05) is 0 Å². The van der Waals surface area contributed by atoms with E-state index in [1.807, 2.05) is 30.3 Å². The van der Waals surface area contributed by atoms with E-state index in [0.717, 1.165) is 9.35 Å². The third-order valence-electron chi connectivity index (χ3n) is 2.17. The molecule has 0 fully saturated rings. The Morgan fingerprint density at radius 3 is 2.47 bits per heavy atom. The van der Waals surface area contributed by atoms with Gasteiger partial charge in [-0.1, -0.05) is 35.2 Å². The molecule has 0 atom stereocenters. The Balaban J connectivity index is 2.01. The third-order valence-corrected chi connectivity index (χ3v) is 6.13. The number of benzene rings is 1. The van der Waals surface area contributed by atoms with Gasteiger partial charge in [0.25, 0.3) is 10.0 Å². The number of sulfonamides is 1.